The van der Waals surface area contributed by atoms with Gasteiger partial charge in [-0.25, -0.2) is 0 Å². The van der Waals surface area contributed by atoms with E-state index in [9.17, 15) is 0 Å². The Hall–Kier alpha value is -0.510. The first kappa shape index (κ1) is 14.9. The Morgan fingerprint density at radius 3 is 2.42 bits per heavy atom. The van der Waals surface area contributed by atoms with Crippen LogP contribution in [0, 0.1) is 0 Å². The average molecular weight is 278 g/mol. The molecule has 1 aliphatic rings. The van der Waals surface area contributed by atoms with Crippen LogP contribution < -0.4 is 5.32 Å². The van der Waals surface area contributed by atoms with E-state index in [1.165, 1.54) is 42.1 Å². The van der Waals surface area contributed by atoms with Gasteiger partial charge < -0.3 is 5.32 Å². The fourth-order valence-corrected chi connectivity index (χ4v) is 3.34. The summed E-state index contributed by atoms with van der Waals surface area (Å²) < 4.78 is 0. The zero-order valence-corrected chi connectivity index (χ0v) is 12.8. The standard InChI is InChI=1S/C16H26N2S/c1-2-8-17-9-7-15-3-5-16(6-4-15)14-18-10-12-19-13-11-18/h3-6,17H,2,7-14H2,1H3. The van der Waals surface area contributed by atoms with Crippen molar-refractivity contribution in [2.75, 3.05) is 37.7 Å². The molecule has 2 nitrogen and oxygen atoms in total. The molecule has 0 atom stereocenters. The number of hydrogen-bond acceptors (Lipinski definition) is 3. The van der Waals surface area contributed by atoms with Crippen LogP contribution >= 0.6 is 11.8 Å². The second-order valence-corrected chi connectivity index (χ2v) is 6.43. The minimum absolute atomic E-state index is 1.09. The first-order valence-electron chi connectivity index (χ1n) is 7.47. The molecular formula is C16H26N2S. The minimum Gasteiger partial charge on any atom is -0.316 e. The topological polar surface area (TPSA) is 15.3 Å². The van der Waals surface area contributed by atoms with Gasteiger partial charge in [0.15, 0.2) is 0 Å². The summed E-state index contributed by atoms with van der Waals surface area (Å²) in [5, 5.41) is 3.45. The second kappa shape index (κ2) is 8.62. The highest BCUT2D eigenvalue weighted by Crippen LogP contribution is 2.13. The van der Waals surface area contributed by atoms with E-state index < -0.39 is 0 Å². The normalized spacial score (nSPS) is 16.7. The lowest BCUT2D eigenvalue weighted by Gasteiger charge is -2.26. The maximum absolute atomic E-state index is 3.45. The highest BCUT2D eigenvalue weighted by Gasteiger charge is 2.10. The van der Waals surface area contributed by atoms with Gasteiger partial charge in [-0.05, 0) is 37.1 Å². The smallest absolute Gasteiger partial charge is 0.0234 e. The number of rotatable bonds is 7. The lowest BCUT2D eigenvalue weighted by atomic mass is 10.1. The van der Waals surface area contributed by atoms with Crippen molar-refractivity contribution in [3.05, 3.63) is 35.4 Å². The molecule has 0 bridgehead atoms. The van der Waals surface area contributed by atoms with Crippen LogP contribution in [-0.4, -0.2) is 42.6 Å². The summed E-state index contributed by atoms with van der Waals surface area (Å²) in [7, 11) is 0. The molecule has 19 heavy (non-hydrogen) atoms. The van der Waals surface area contributed by atoms with E-state index in [4.69, 9.17) is 0 Å². The molecule has 1 aromatic carbocycles. The van der Waals surface area contributed by atoms with Crippen molar-refractivity contribution in [2.24, 2.45) is 0 Å². The van der Waals surface area contributed by atoms with E-state index in [1.807, 2.05) is 0 Å². The van der Waals surface area contributed by atoms with Gasteiger partial charge in [-0.2, -0.15) is 11.8 Å². The van der Waals surface area contributed by atoms with Crippen molar-refractivity contribution in [1.29, 1.82) is 0 Å². The molecule has 0 amide bonds. The Morgan fingerprint density at radius 1 is 1.05 bits per heavy atom. The molecule has 2 rings (SSSR count). The van der Waals surface area contributed by atoms with Crippen LogP contribution in [0.2, 0.25) is 0 Å². The van der Waals surface area contributed by atoms with Gasteiger partial charge in [-0.1, -0.05) is 31.2 Å². The van der Waals surface area contributed by atoms with Gasteiger partial charge in [-0.15, -0.1) is 0 Å². The third kappa shape index (κ3) is 5.55. The van der Waals surface area contributed by atoms with Crippen LogP contribution in [0.1, 0.15) is 24.5 Å². The van der Waals surface area contributed by atoms with Crippen LogP contribution in [0.15, 0.2) is 24.3 Å². The van der Waals surface area contributed by atoms with E-state index in [-0.39, 0.29) is 0 Å². The van der Waals surface area contributed by atoms with E-state index in [0.29, 0.717) is 0 Å². The van der Waals surface area contributed by atoms with Gasteiger partial charge in [0.05, 0.1) is 0 Å². The highest BCUT2D eigenvalue weighted by atomic mass is 32.2. The molecular weight excluding hydrogens is 252 g/mol. The van der Waals surface area contributed by atoms with Crippen LogP contribution in [0.3, 0.4) is 0 Å². The van der Waals surface area contributed by atoms with Gasteiger partial charge in [0.25, 0.3) is 0 Å². The van der Waals surface area contributed by atoms with Crippen LogP contribution in [0.5, 0.6) is 0 Å². The van der Waals surface area contributed by atoms with Crippen molar-refractivity contribution in [3.8, 4) is 0 Å². The Balaban J connectivity index is 1.74. The summed E-state index contributed by atoms with van der Waals surface area (Å²) in [6, 6.07) is 9.19. The number of hydrogen-bond donors (Lipinski definition) is 1. The lowest BCUT2D eigenvalue weighted by molar-refractivity contribution is 0.294. The third-order valence-corrected chi connectivity index (χ3v) is 4.49. The minimum atomic E-state index is 1.09. The molecule has 1 saturated heterocycles. The Kier molecular flexibility index (Phi) is 6.75. The summed E-state index contributed by atoms with van der Waals surface area (Å²) in [6.07, 6.45) is 2.35. The van der Waals surface area contributed by atoms with Crippen LogP contribution in [-0.2, 0) is 13.0 Å². The maximum atomic E-state index is 3.45. The van der Waals surface area contributed by atoms with Crippen molar-refractivity contribution in [2.45, 2.75) is 26.3 Å². The quantitative estimate of drug-likeness (QED) is 0.772. The van der Waals surface area contributed by atoms with Gasteiger partial charge in [0.2, 0.25) is 0 Å². The highest BCUT2D eigenvalue weighted by molar-refractivity contribution is 7.99. The summed E-state index contributed by atoms with van der Waals surface area (Å²) in [6.45, 7) is 8.04. The monoisotopic (exact) mass is 278 g/mol. The molecule has 0 spiro atoms. The van der Waals surface area contributed by atoms with Crippen molar-refractivity contribution in [1.82, 2.24) is 10.2 Å². The van der Waals surface area contributed by atoms with E-state index in [1.54, 1.807) is 0 Å². The van der Waals surface area contributed by atoms with Crippen molar-refractivity contribution in [3.63, 3.8) is 0 Å². The predicted octanol–water partition coefficient (Wildman–Crippen LogP) is 2.78. The number of thioether (sulfide) groups is 1. The average Bonchev–Trinajstić information content (AvgIpc) is 2.46. The van der Waals surface area contributed by atoms with E-state index in [0.717, 1.165) is 26.1 Å². The Labute approximate surface area is 122 Å². The van der Waals surface area contributed by atoms with E-state index >= 15 is 0 Å². The van der Waals surface area contributed by atoms with E-state index in [2.05, 4.69) is 53.2 Å². The summed E-state index contributed by atoms with van der Waals surface area (Å²) in [4.78, 5) is 2.56. The fraction of sp³-hybridized carbons (Fsp3) is 0.625. The molecule has 1 aliphatic heterocycles. The van der Waals surface area contributed by atoms with Gasteiger partial charge in [0, 0.05) is 31.1 Å². The predicted molar refractivity (Wildman–Crippen MR) is 85.9 cm³/mol. The molecule has 106 valence electrons. The first-order chi connectivity index (χ1) is 9.38. The molecule has 0 aliphatic carbocycles. The summed E-state index contributed by atoms with van der Waals surface area (Å²) in [5.41, 5.74) is 2.90. The summed E-state index contributed by atoms with van der Waals surface area (Å²) in [5.74, 6) is 2.59. The fourth-order valence-electron chi connectivity index (χ4n) is 2.36. The van der Waals surface area contributed by atoms with Crippen molar-refractivity contribution < 1.29 is 0 Å². The van der Waals surface area contributed by atoms with Crippen molar-refractivity contribution >= 4 is 11.8 Å². The largest absolute Gasteiger partial charge is 0.316 e. The zero-order valence-electron chi connectivity index (χ0n) is 12.0. The maximum Gasteiger partial charge on any atom is 0.0234 e. The van der Waals surface area contributed by atoms with Crippen LogP contribution in [0.4, 0.5) is 0 Å². The SMILES string of the molecule is CCCNCCc1ccc(CN2CCSCC2)cc1. The summed E-state index contributed by atoms with van der Waals surface area (Å²) >= 11 is 2.08. The number of benzene rings is 1. The number of nitrogens with zero attached hydrogens (tertiary/aromatic N) is 1. The Bertz CT molecular complexity index is 344. The van der Waals surface area contributed by atoms with Crippen LogP contribution in [0.25, 0.3) is 0 Å². The first-order valence-corrected chi connectivity index (χ1v) is 8.62. The molecule has 0 aromatic heterocycles. The number of nitrogens with one attached hydrogen (secondary N) is 1. The zero-order chi connectivity index (χ0) is 13.3. The molecule has 1 heterocycles. The molecule has 1 N–H and O–H groups in total. The molecule has 0 unspecified atom stereocenters. The lowest BCUT2D eigenvalue weighted by Crippen LogP contribution is -2.31. The molecule has 0 radical (unpaired) electrons. The third-order valence-electron chi connectivity index (χ3n) is 3.55. The Morgan fingerprint density at radius 2 is 1.74 bits per heavy atom. The van der Waals surface area contributed by atoms with Gasteiger partial charge >= 0.3 is 0 Å². The molecule has 0 saturated carbocycles. The van der Waals surface area contributed by atoms with Gasteiger partial charge in [-0.3, -0.25) is 4.90 Å². The molecule has 1 fully saturated rings. The second-order valence-electron chi connectivity index (χ2n) is 5.21. The molecule has 3 heteroatoms. The van der Waals surface area contributed by atoms with Gasteiger partial charge in [0.1, 0.15) is 0 Å². The molecule has 1 aromatic rings.